The fourth-order valence-corrected chi connectivity index (χ4v) is 2.40. The van der Waals surface area contributed by atoms with E-state index in [2.05, 4.69) is 5.32 Å². The van der Waals surface area contributed by atoms with E-state index in [0.717, 1.165) is 29.5 Å². The summed E-state index contributed by atoms with van der Waals surface area (Å²) in [6.45, 7) is 0. The molecule has 20 heavy (non-hydrogen) atoms. The lowest BCUT2D eigenvalue weighted by Crippen LogP contribution is -2.34. The molecule has 1 atom stereocenters. The Balaban J connectivity index is 2.28. The number of carboxylic acid groups (broad SMARTS) is 1. The van der Waals surface area contributed by atoms with E-state index < -0.39 is 35.1 Å². The predicted octanol–water partition coefficient (Wildman–Crippen LogP) is 2.58. The lowest BCUT2D eigenvalue weighted by molar-refractivity contribution is -0.139. The lowest BCUT2D eigenvalue weighted by Gasteiger charge is -2.13. The summed E-state index contributed by atoms with van der Waals surface area (Å²) >= 11 is 1.12. The topological polar surface area (TPSA) is 66.4 Å². The molecular weight excluding hydrogens is 288 g/mol. The molecule has 4 nitrogen and oxygen atoms in total. The highest BCUT2D eigenvalue weighted by Gasteiger charge is 2.26. The van der Waals surface area contributed by atoms with E-state index >= 15 is 0 Å². The fraction of sp³-hybridized carbons (Fsp3) is 0.0769. The van der Waals surface area contributed by atoms with Crippen LogP contribution in [0.25, 0.3) is 0 Å². The third kappa shape index (κ3) is 2.83. The molecule has 1 heterocycles. The summed E-state index contributed by atoms with van der Waals surface area (Å²) in [6, 6.07) is 4.77. The zero-order valence-electron chi connectivity index (χ0n) is 9.97. The molecule has 0 fully saturated rings. The van der Waals surface area contributed by atoms with Crippen molar-refractivity contribution in [3.63, 3.8) is 0 Å². The van der Waals surface area contributed by atoms with Gasteiger partial charge in [0.05, 0.1) is 0 Å². The van der Waals surface area contributed by atoms with Crippen molar-refractivity contribution in [1.29, 1.82) is 0 Å². The summed E-state index contributed by atoms with van der Waals surface area (Å²) in [5.41, 5.74) is -0.796. The van der Waals surface area contributed by atoms with E-state index in [9.17, 15) is 18.4 Å². The van der Waals surface area contributed by atoms with Gasteiger partial charge in [0.25, 0.3) is 5.91 Å². The molecule has 1 amide bonds. The molecule has 2 N–H and O–H groups in total. The number of nitrogens with one attached hydrogen (secondary N) is 1. The van der Waals surface area contributed by atoms with Gasteiger partial charge in [0, 0.05) is 4.88 Å². The summed E-state index contributed by atoms with van der Waals surface area (Å²) in [7, 11) is 0. The average Bonchev–Trinajstić information content (AvgIpc) is 2.88. The van der Waals surface area contributed by atoms with Gasteiger partial charge in [0.15, 0.2) is 6.04 Å². The van der Waals surface area contributed by atoms with Crippen LogP contribution < -0.4 is 5.32 Å². The number of benzene rings is 1. The summed E-state index contributed by atoms with van der Waals surface area (Å²) < 4.78 is 26.9. The minimum atomic E-state index is -1.35. The lowest BCUT2D eigenvalue weighted by atomic mass is 10.1. The Labute approximate surface area is 116 Å². The monoisotopic (exact) mass is 297 g/mol. The Hall–Kier alpha value is -2.28. The van der Waals surface area contributed by atoms with Gasteiger partial charge in [0.1, 0.15) is 17.2 Å². The van der Waals surface area contributed by atoms with Crippen LogP contribution in [0.3, 0.4) is 0 Å². The number of carboxylic acids is 1. The molecule has 0 saturated carbocycles. The molecule has 2 aromatic rings. The van der Waals surface area contributed by atoms with E-state index in [1.165, 1.54) is 6.07 Å². The molecule has 7 heteroatoms. The molecule has 0 aliphatic rings. The van der Waals surface area contributed by atoms with Crippen molar-refractivity contribution < 1.29 is 23.5 Å². The first-order chi connectivity index (χ1) is 9.50. The highest BCUT2D eigenvalue weighted by atomic mass is 32.1. The Morgan fingerprint density at radius 2 is 1.80 bits per heavy atom. The average molecular weight is 297 g/mol. The van der Waals surface area contributed by atoms with Crippen molar-refractivity contribution in [2.24, 2.45) is 0 Å². The zero-order chi connectivity index (χ0) is 14.7. The zero-order valence-corrected chi connectivity index (χ0v) is 10.8. The maximum atomic E-state index is 13.4. The van der Waals surface area contributed by atoms with Crippen molar-refractivity contribution in [3.8, 4) is 0 Å². The maximum absolute atomic E-state index is 13.4. The van der Waals surface area contributed by atoms with Gasteiger partial charge in [-0.1, -0.05) is 12.1 Å². The van der Waals surface area contributed by atoms with Crippen LogP contribution in [0.15, 0.2) is 35.7 Å². The van der Waals surface area contributed by atoms with Crippen LogP contribution >= 0.6 is 11.3 Å². The normalized spacial score (nSPS) is 11.9. The van der Waals surface area contributed by atoms with E-state index in [4.69, 9.17) is 5.11 Å². The standard InChI is InChI=1S/C13H9F2NO3S/c14-7-3-1-4-8(15)10(7)12(17)16-11(13(18)19)9-5-2-6-20-9/h1-6,11H,(H,16,17)(H,18,19). The molecular formula is C13H9F2NO3S. The quantitative estimate of drug-likeness (QED) is 0.911. The van der Waals surface area contributed by atoms with Crippen LogP contribution in [0.5, 0.6) is 0 Å². The molecule has 2 rings (SSSR count). The number of halogens is 2. The highest BCUT2D eigenvalue weighted by Crippen LogP contribution is 2.20. The Kier molecular flexibility index (Phi) is 4.09. The summed E-state index contributed by atoms with van der Waals surface area (Å²) in [6.07, 6.45) is 0. The van der Waals surface area contributed by atoms with Crippen LogP contribution in [0.1, 0.15) is 21.3 Å². The second-order valence-electron chi connectivity index (χ2n) is 3.86. The van der Waals surface area contributed by atoms with E-state index in [1.807, 2.05) is 0 Å². The van der Waals surface area contributed by atoms with Crippen molar-refractivity contribution in [2.75, 3.05) is 0 Å². The SMILES string of the molecule is O=C(NC(C(=O)O)c1cccs1)c1c(F)cccc1F. The molecule has 1 aromatic carbocycles. The number of hydrogen-bond donors (Lipinski definition) is 2. The van der Waals surface area contributed by atoms with E-state index in [0.29, 0.717) is 4.88 Å². The van der Waals surface area contributed by atoms with Gasteiger partial charge >= 0.3 is 5.97 Å². The molecule has 104 valence electrons. The van der Waals surface area contributed by atoms with Crippen LogP contribution in [-0.2, 0) is 4.79 Å². The van der Waals surface area contributed by atoms with Gasteiger partial charge in [-0.05, 0) is 23.6 Å². The first-order valence-corrected chi connectivity index (χ1v) is 6.39. The van der Waals surface area contributed by atoms with Gasteiger partial charge in [-0.15, -0.1) is 11.3 Å². The number of thiophene rings is 1. The second-order valence-corrected chi connectivity index (χ2v) is 4.84. The second kappa shape index (κ2) is 5.79. The summed E-state index contributed by atoms with van der Waals surface area (Å²) in [5, 5.41) is 12.8. The predicted molar refractivity (Wildman–Crippen MR) is 68.5 cm³/mol. The van der Waals surface area contributed by atoms with Crippen molar-refractivity contribution in [3.05, 3.63) is 57.8 Å². The number of aliphatic carboxylic acids is 1. The van der Waals surface area contributed by atoms with Crippen molar-refractivity contribution >= 4 is 23.2 Å². The van der Waals surface area contributed by atoms with Crippen LogP contribution in [0.2, 0.25) is 0 Å². The molecule has 0 aliphatic carbocycles. The first kappa shape index (κ1) is 14.1. The molecule has 0 radical (unpaired) electrons. The Morgan fingerprint density at radius 3 is 2.30 bits per heavy atom. The molecule has 1 unspecified atom stereocenters. The third-order valence-corrected chi connectivity index (χ3v) is 3.48. The number of hydrogen-bond acceptors (Lipinski definition) is 3. The fourth-order valence-electron chi connectivity index (χ4n) is 1.63. The number of rotatable bonds is 4. The number of carbonyl (C=O) groups excluding carboxylic acids is 1. The third-order valence-electron chi connectivity index (χ3n) is 2.54. The molecule has 1 aromatic heterocycles. The Morgan fingerprint density at radius 1 is 1.15 bits per heavy atom. The van der Waals surface area contributed by atoms with E-state index in [1.54, 1.807) is 11.4 Å². The molecule has 0 bridgehead atoms. The summed E-state index contributed by atoms with van der Waals surface area (Å²) in [5.74, 6) is -4.51. The minimum Gasteiger partial charge on any atom is -0.479 e. The molecule has 0 aliphatic heterocycles. The summed E-state index contributed by atoms with van der Waals surface area (Å²) in [4.78, 5) is 23.3. The largest absolute Gasteiger partial charge is 0.479 e. The minimum absolute atomic E-state index is 0.364. The van der Waals surface area contributed by atoms with Crippen LogP contribution in [-0.4, -0.2) is 17.0 Å². The molecule has 0 saturated heterocycles. The number of amides is 1. The van der Waals surface area contributed by atoms with Crippen molar-refractivity contribution in [1.82, 2.24) is 5.32 Å². The smallest absolute Gasteiger partial charge is 0.331 e. The first-order valence-electron chi connectivity index (χ1n) is 5.52. The highest BCUT2D eigenvalue weighted by molar-refractivity contribution is 7.10. The van der Waals surface area contributed by atoms with Gasteiger partial charge < -0.3 is 10.4 Å². The van der Waals surface area contributed by atoms with Gasteiger partial charge in [-0.2, -0.15) is 0 Å². The molecule has 0 spiro atoms. The van der Waals surface area contributed by atoms with Crippen LogP contribution in [0, 0.1) is 11.6 Å². The van der Waals surface area contributed by atoms with Crippen LogP contribution in [0.4, 0.5) is 8.78 Å². The van der Waals surface area contributed by atoms with Gasteiger partial charge in [-0.3, -0.25) is 4.79 Å². The van der Waals surface area contributed by atoms with Crippen molar-refractivity contribution in [2.45, 2.75) is 6.04 Å². The Bertz CT molecular complexity index is 623. The number of carbonyl (C=O) groups is 2. The maximum Gasteiger partial charge on any atom is 0.331 e. The van der Waals surface area contributed by atoms with E-state index in [-0.39, 0.29) is 0 Å². The van der Waals surface area contributed by atoms with Gasteiger partial charge in [-0.25, -0.2) is 13.6 Å². The van der Waals surface area contributed by atoms with Gasteiger partial charge in [0.2, 0.25) is 0 Å².